The first-order chi connectivity index (χ1) is 9.27. The van der Waals surface area contributed by atoms with E-state index in [0.29, 0.717) is 25.5 Å². The molecule has 2 N–H and O–H groups in total. The first-order valence-corrected chi connectivity index (χ1v) is 6.37. The van der Waals surface area contributed by atoms with Crippen LogP contribution in [0.4, 0.5) is 19.0 Å². The zero-order valence-electron chi connectivity index (χ0n) is 10.2. The molecule has 2 unspecified atom stereocenters. The van der Waals surface area contributed by atoms with Gasteiger partial charge in [0.25, 0.3) is 0 Å². The number of alkyl halides is 3. The van der Waals surface area contributed by atoms with Gasteiger partial charge in [0.2, 0.25) is 0 Å². The number of aromatic nitrogens is 1. The minimum Gasteiger partial charge on any atom is -0.481 e. The van der Waals surface area contributed by atoms with E-state index in [4.69, 9.17) is 16.7 Å². The van der Waals surface area contributed by atoms with E-state index in [1.807, 2.05) is 0 Å². The highest BCUT2D eigenvalue weighted by Gasteiger charge is 2.33. The molecule has 1 heterocycles. The van der Waals surface area contributed by atoms with Gasteiger partial charge in [-0.1, -0.05) is 11.6 Å². The number of aliphatic carboxylic acids is 1. The molecule has 110 valence electrons. The number of pyridine rings is 1. The minimum absolute atomic E-state index is 0.126. The van der Waals surface area contributed by atoms with E-state index >= 15 is 0 Å². The van der Waals surface area contributed by atoms with Crippen LogP contribution in [0.1, 0.15) is 24.8 Å². The summed E-state index contributed by atoms with van der Waals surface area (Å²) >= 11 is 5.77. The highest BCUT2D eigenvalue weighted by molar-refractivity contribution is 6.33. The molecule has 1 aliphatic carbocycles. The number of carboxylic acids is 1. The third-order valence-corrected chi connectivity index (χ3v) is 3.58. The van der Waals surface area contributed by atoms with Gasteiger partial charge in [0, 0.05) is 12.2 Å². The number of halogens is 4. The summed E-state index contributed by atoms with van der Waals surface area (Å²) < 4.78 is 37.4. The number of carbonyl (C=O) groups is 1. The van der Waals surface area contributed by atoms with Crippen LogP contribution in [0.5, 0.6) is 0 Å². The fourth-order valence-corrected chi connectivity index (χ4v) is 2.45. The summed E-state index contributed by atoms with van der Waals surface area (Å²) in [7, 11) is 0. The van der Waals surface area contributed by atoms with Gasteiger partial charge < -0.3 is 10.4 Å². The molecule has 0 radical (unpaired) electrons. The zero-order valence-corrected chi connectivity index (χ0v) is 11.0. The fraction of sp³-hybridized carbons (Fsp3) is 0.500. The molecule has 1 saturated carbocycles. The van der Waals surface area contributed by atoms with Crippen molar-refractivity contribution in [2.24, 2.45) is 5.92 Å². The molecule has 1 aliphatic rings. The van der Waals surface area contributed by atoms with Gasteiger partial charge in [0.1, 0.15) is 5.82 Å². The first kappa shape index (κ1) is 14.9. The van der Waals surface area contributed by atoms with E-state index in [9.17, 15) is 18.0 Å². The smallest absolute Gasteiger partial charge is 0.417 e. The lowest BCUT2D eigenvalue weighted by Crippen LogP contribution is -2.19. The van der Waals surface area contributed by atoms with Gasteiger partial charge >= 0.3 is 12.1 Å². The second kappa shape index (κ2) is 5.47. The SMILES string of the molecule is O=C(O)C1CCC(Nc2ncc(C(F)(F)F)cc2Cl)C1. The number of anilines is 1. The Hall–Kier alpha value is -1.50. The number of carboxylic acid groups (broad SMARTS) is 1. The second-order valence-electron chi connectivity index (χ2n) is 4.74. The van der Waals surface area contributed by atoms with Crippen LogP contribution < -0.4 is 5.32 Å². The molecule has 1 fully saturated rings. The maximum absolute atomic E-state index is 12.5. The van der Waals surface area contributed by atoms with E-state index in [-0.39, 0.29) is 16.9 Å². The Labute approximate surface area is 118 Å². The normalized spacial score (nSPS) is 22.8. The molecule has 1 aromatic rings. The lowest BCUT2D eigenvalue weighted by molar-refractivity contribution is -0.141. The molecule has 2 rings (SSSR count). The molecule has 2 atom stereocenters. The second-order valence-corrected chi connectivity index (χ2v) is 5.15. The largest absolute Gasteiger partial charge is 0.481 e. The molecule has 4 nitrogen and oxygen atoms in total. The summed E-state index contributed by atoms with van der Waals surface area (Å²) in [5.41, 5.74) is -0.914. The van der Waals surface area contributed by atoms with Crippen LogP contribution in [0.25, 0.3) is 0 Å². The molecule has 1 aromatic heterocycles. The number of hydrogen-bond acceptors (Lipinski definition) is 3. The summed E-state index contributed by atoms with van der Waals surface area (Å²) in [5, 5.41) is 11.7. The minimum atomic E-state index is -4.49. The first-order valence-electron chi connectivity index (χ1n) is 5.99. The highest BCUT2D eigenvalue weighted by Crippen LogP contribution is 2.34. The van der Waals surface area contributed by atoms with Gasteiger partial charge in [0.05, 0.1) is 16.5 Å². The maximum atomic E-state index is 12.5. The molecular formula is C12H12ClF3N2O2. The van der Waals surface area contributed by atoms with Gasteiger partial charge in [-0.05, 0) is 25.3 Å². The molecule has 0 bridgehead atoms. The van der Waals surface area contributed by atoms with Gasteiger partial charge in [0.15, 0.2) is 0 Å². The fourth-order valence-electron chi connectivity index (χ4n) is 2.23. The third kappa shape index (κ3) is 3.33. The Morgan fingerprint density at radius 3 is 2.65 bits per heavy atom. The van der Waals surface area contributed by atoms with Crippen molar-refractivity contribution in [2.45, 2.75) is 31.5 Å². The van der Waals surface area contributed by atoms with Crippen molar-refractivity contribution in [2.75, 3.05) is 5.32 Å². The molecule has 0 aliphatic heterocycles. The Balaban J connectivity index is 2.06. The molecular weight excluding hydrogens is 297 g/mol. The average Bonchev–Trinajstić information content (AvgIpc) is 2.79. The van der Waals surface area contributed by atoms with Gasteiger partial charge in [-0.15, -0.1) is 0 Å². The Kier molecular flexibility index (Phi) is 4.08. The van der Waals surface area contributed by atoms with Crippen LogP contribution in [0.3, 0.4) is 0 Å². The van der Waals surface area contributed by atoms with Crippen LogP contribution in [-0.4, -0.2) is 22.1 Å². The summed E-state index contributed by atoms with van der Waals surface area (Å²) in [5.74, 6) is -1.14. The van der Waals surface area contributed by atoms with Crippen molar-refractivity contribution >= 4 is 23.4 Å². The van der Waals surface area contributed by atoms with E-state index in [1.54, 1.807) is 0 Å². The molecule has 0 spiro atoms. The van der Waals surface area contributed by atoms with E-state index < -0.39 is 23.6 Å². The van der Waals surface area contributed by atoms with E-state index in [1.165, 1.54) is 0 Å². The summed E-state index contributed by atoms with van der Waals surface area (Å²) in [4.78, 5) is 14.5. The summed E-state index contributed by atoms with van der Waals surface area (Å²) in [6.07, 6.45) is -2.22. The van der Waals surface area contributed by atoms with Crippen molar-refractivity contribution in [1.29, 1.82) is 0 Å². The lowest BCUT2D eigenvalue weighted by atomic mass is 10.1. The van der Waals surface area contributed by atoms with Crippen molar-refractivity contribution in [3.05, 3.63) is 22.8 Å². The van der Waals surface area contributed by atoms with E-state index in [0.717, 1.165) is 6.07 Å². The maximum Gasteiger partial charge on any atom is 0.417 e. The predicted octanol–water partition coefficient (Wildman–Crippen LogP) is 3.42. The van der Waals surface area contributed by atoms with Crippen molar-refractivity contribution in [3.8, 4) is 0 Å². The van der Waals surface area contributed by atoms with Crippen LogP contribution in [0.2, 0.25) is 5.02 Å². The predicted molar refractivity (Wildman–Crippen MR) is 66.6 cm³/mol. The van der Waals surface area contributed by atoms with Gasteiger partial charge in [-0.3, -0.25) is 4.79 Å². The Morgan fingerprint density at radius 1 is 1.45 bits per heavy atom. The average molecular weight is 309 g/mol. The molecule has 0 aromatic carbocycles. The molecule has 0 saturated heterocycles. The zero-order chi connectivity index (χ0) is 14.9. The van der Waals surface area contributed by atoms with Crippen LogP contribution in [0.15, 0.2) is 12.3 Å². The monoisotopic (exact) mass is 308 g/mol. The van der Waals surface area contributed by atoms with Gasteiger partial charge in [-0.2, -0.15) is 13.2 Å². The third-order valence-electron chi connectivity index (χ3n) is 3.29. The Morgan fingerprint density at radius 2 is 2.15 bits per heavy atom. The lowest BCUT2D eigenvalue weighted by Gasteiger charge is -2.15. The molecule has 20 heavy (non-hydrogen) atoms. The van der Waals surface area contributed by atoms with E-state index in [2.05, 4.69) is 10.3 Å². The van der Waals surface area contributed by atoms with Crippen molar-refractivity contribution < 1.29 is 23.1 Å². The highest BCUT2D eigenvalue weighted by atomic mass is 35.5. The quantitative estimate of drug-likeness (QED) is 0.898. The number of nitrogens with zero attached hydrogens (tertiary/aromatic N) is 1. The van der Waals surface area contributed by atoms with Crippen molar-refractivity contribution in [1.82, 2.24) is 4.98 Å². The van der Waals surface area contributed by atoms with Gasteiger partial charge in [-0.25, -0.2) is 4.98 Å². The summed E-state index contributed by atoms with van der Waals surface area (Å²) in [6, 6.07) is 0.665. The number of rotatable bonds is 3. The molecule has 0 amide bonds. The number of hydrogen-bond donors (Lipinski definition) is 2. The summed E-state index contributed by atoms with van der Waals surface area (Å²) in [6.45, 7) is 0. The van der Waals surface area contributed by atoms with Crippen molar-refractivity contribution in [3.63, 3.8) is 0 Å². The number of nitrogens with one attached hydrogen (secondary N) is 1. The Bertz CT molecular complexity index is 522. The topological polar surface area (TPSA) is 62.2 Å². The van der Waals surface area contributed by atoms with Crippen LogP contribution in [-0.2, 0) is 11.0 Å². The molecule has 8 heteroatoms. The standard InChI is InChI=1S/C12H12ClF3N2O2/c13-9-4-7(12(14,15)16)5-17-10(9)18-8-2-1-6(3-8)11(19)20/h4-6,8H,1-3H2,(H,17,18)(H,19,20). The van der Waals surface area contributed by atoms with Crippen LogP contribution in [0, 0.1) is 5.92 Å². The van der Waals surface area contributed by atoms with Crippen LogP contribution >= 0.6 is 11.6 Å².